The van der Waals surface area contributed by atoms with Crippen LogP contribution in [0.4, 0.5) is 0 Å². The first kappa shape index (κ1) is 14.8. The fourth-order valence-electron chi connectivity index (χ4n) is 2.72. The zero-order valence-corrected chi connectivity index (χ0v) is 12.9. The van der Waals surface area contributed by atoms with Gasteiger partial charge < -0.3 is 9.88 Å². The second-order valence-corrected chi connectivity index (χ2v) is 5.53. The molecule has 20 heavy (non-hydrogen) atoms. The Hall–Kier alpha value is -1.61. The highest BCUT2D eigenvalue weighted by Gasteiger charge is 2.22. The number of rotatable bonds is 6. The number of nitrogens with zero attached hydrogens (tertiary/aromatic N) is 2. The normalized spacial score (nSPS) is 14.4. The van der Waals surface area contributed by atoms with Gasteiger partial charge in [-0.1, -0.05) is 51.1 Å². The van der Waals surface area contributed by atoms with Crippen LogP contribution in [0.1, 0.15) is 57.1 Å². The van der Waals surface area contributed by atoms with Crippen molar-refractivity contribution in [1.29, 1.82) is 0 Å². The fraction of sp³-hybridized carbons (Fsp3) is 0.471. The molecular formula is C17H25N3. The molecule has 0 saturated heterocycles. The van der Waals surface area contributed by atoms with E-state index in [0.29, 0.717) is 18.0 Å². The fourth-order valence-corrected chi connectivity index (χ4v) is 2.72. The second-order valence-electron chi connectivity index (χ2n) is 5.53. The zero-order chi connectivity index (χ0) is 14.5. The lowest BCUT2D eigenvalue weighted by molar-refractivity contribution is 0.373. The minimum absolute atomic E-state index is 0.299. The molecule has 1 heterocycles. The van der Waals surface area contributed by atoms with Gasteiger partial charge in [-0.05, 0) is 19.0 Å². The third-order valence-electron chi connectivity index (χ3n) is 3.72. The van der Waals surface area contributed by atoms with Crippen LogP contribution in [0.5, 0.6) is 0 Å². The lowest BCUT2D eigenvalue weighted by Crippen LogP contribution is -2.29. The van der Waals surface area contributed by atoms with Gasteiger partial charge in [0.05, 0.1) is 12.1 Å². The average molecular weight is 271 g/mol. The van der Waals surface area contributed by atoms with Crippen LogP contribution >= 0.6 is 0 Å². The number of likely N-dealkylation sites (N-methyl/N-ethyl adjacent to an activating group) is 1. The quantitative estimate of drug-likeness (QED) is 0.863. The Morgan fingerprint density at radius 3 is 2.45 bits per heavy atom. The van der Waals surface area contributed by atoms with Crippen molar-refractivity contribution in [2.45, 2.75) is 45.7 Å². The summed E-state index contributed by atoms with van der Waals surface area (Å²) in [6.07, 6.45) is 3.99. The van der Waals surface area contributed by atoms with E-state index in [4.69, 9.17) is 0 Å². The molecule has 2 aromatic rings. The van der Waals surface area contributed by atoms with Gasteiger partial charge in [0, 0.05) is 18.3 Å². The Morgan fingerprint density at radius 2 is 1.85 bits per heavy atom. The highest BCUT2D eigenvalue weighted by Crippen LogP contribution is 2.28. The minimum Gasteiger partial charge on any atom is -0.330 e. The van der Waals surface area contributed by atoms with Crippen LogP contribution in [-0.2, 0) is 0 Å². The van der Waals surface area contributed by atoms with Crippen molar-refractivity contribution in [3.63, 3.8) is 0 Å². The lowest BCUT2D eigenvalue weighted by atomic mass is 9.99. The number of hydrogen-bond donors (Lipinski definition) is 1. The molecular weight excluding hydrogens is 246 g/mol. The molecule has 0 bridgehead atoms. The van der Waals surface area contributed by atoms with E-state index in [0.717, 1.165) is 12.4 Å². The number of imidazole rings is 1. The van der Waals surface area contributed by atoms with Crippen LogP contribution in [0, 0.1) is 0 Å². The molecule has 1 aromatic carbocycles. The summed E-state index contributed by atoms with van der Waals surface area (Å²) in [7, 11) is 0. The van der Waals surface area contributed by atoms with E-state index in [1.807, 2.05) is 6.20 Å². The molecule has 0 spiro atoms. The van der Waals surface area contributed by atoms with Gasteiger partial charge in [-0.3, -0.25) is 0 Å². The molecule has 1 aromatic heterocycles. The number of benzene rings is 1. The van der Waals surface area contributed by atoms with Crippen molar-refractivity contribution >= 4 is 0 Å². The lowest BCUT2D eigenvalue weighted by Gasteiger charge is -2.28. The van der Waals surface area contributed by atoms with Crippen LogP contribution in [0.15, 0.2) is 42.7 Å². The molecule has 0 fully saturated rings. The van der Waals surface area contributed by atoms with Gasteiger partial charge in [0.15, 0.2) is 0 Å². The predicted molar refractivity (Wildman–Crippen MR) is 83.9 cm³/mol. The summed E-state index contributed by atoms with van der Waals surface area (Å²) in [5.41, 5.74) is 1.32. The highest BCUT2D eigenvalue weighted by atomic mass is 15.1. The Kier molecular flexibility index (Phi) is 4.96. The van der Waals surface area contributed by atoms with Crippen LogP contribution in [0.25, 0.3) is 0 Å². The van der Waals surface area contributed by atoms with Crippen LogP contribution in [0.3, 0.4) is 0 Å². The summed E-state index contributed by atoms with van der Waals surface area (Å²) in [6, 6.07) is 11.3. The first-order chi connectivity index (χ1) is 9.65. The Labute approximate surface area is 122 Å². The van der Waals surface area contributed by atoms with Crippen LogP contribution < -0.4 is 5.32 Å². The van der Waals surface area contributed by atoms with Gasteiger partial charge in [0.1, 0.15) is 5.82 Å². The molecule has 3 heteroatoms. The molecule has 0 aliphatic carbocycles. The Balaban J connectivity index is 2.32. The van der Waals surface area contributed by atoms with E-state index in [2.05, 4.69) is 79.1 Å². The summed E-state index contributed by atoms with van der Waals surface area (Å²) >= 11 is 0. The average Bonchev–Trinajstić information content (AvgIpc) is 2.94. The number of nitrogens with one attached hydrogen (secondary N) is 1. The minimum atomic E-state index is 0.299. The standard InChI is InChI=1S/C17H25N3/c1-5-18-16(15-9-7-6-8-10-15)14(4)20-12-11-19-17(20)13(2)3/h6-14,16,18H,5H2,1-4H3. The summed E-state index contributed by atoms with van der Waals surface area (Å²) < 4.78 is 2.30. The number of hydrogen-bond acceptors (Lipinski definition) is 2. The van der Waals surface area contributed by atoms with Gasteiger partial charge in [0.25, 0.3) is 0 Å². The maximum absolute atomic E-state index is 4.51. The Bertz CT molecular complexity index is 516. The largest absolute Gasteiger partial charge is 0.330 e. The smallest absolute Gasteiger partial charge is 0.111 e. The summed E-state index contributed by atoms with van der Waals surface area (Å²) in [4.78, 5) is 4.51. The SMILES string of the molecule is CCNC(c1ccccc1)C(C)n1ccnc1C(C)C. The topological polar surface area (TPSA) is 29.9 Å². The van der Waals surface area contributed by atoms with Crippen molar-refractivity contribution in [1.82, 2.24) is 14.9 Å². The third-order valence-corrected chi connectivity index (χ3v) is 3.72. The highest BCUT2D eigenvalue weighted by molar-refractivity contribution is 5.20. The molecule has 3 nitrogen and oxygen atoms in total. The van der Waals surface area contributed by atoms with E-state index in [1.54, 1.807) is 0 Å². The van der Waals surface area contributed by atoms with Gasteiger partial charge in [-0.15, -0.1) is 0 Å². The zero-order valence-electron chi connectivity index (χ0n) is 12.9. The van der Waals surface area contributed by atoms with E-state index in [1.165, 1.54) is 5.56 Å². The van der Waals surface area contributed by atoms with E-state index >= 15 is 0 Å². The molecule has 2 rings (SSSR count). The van der Waals surface area contributed by atoms with Crippen LogP contribution in [-0.4, -0.2) is 16.1 Å². The van der Waals surface area contributed by atoms with Crippen molar-refractivity contribution in [2.75, 3.05) is 6.54 Å². The maximum Gasteiger partial charge on any atom is 0.111 e. The molecule has 0 aliphatic rings. The molecule has 0 radical (unpaired) electrons. The first-order valence-electron chi connectivity index (χ1n) is 7.46. The van der Waals surface area contributed by atoms with Crippen molar-refractivity contribution < 1.29 is 0 Å². The molecule has 0 saturated carbocycles. The molecule has 1 N–H and O–H groups in total. The van der Waals surface area contributed by atoms with E-state index in [-0.39, 0.29) is 0 Å². The molecule has 2 atom stereocenters. The van der Waals surface area contributed by atoms with Gasteiger partial charge in [0.2, 0.25) is 0 Å². The predicted octanol–water partition coefficient (Wildman–Crippen LogP) is 3.92. The summed E-state index contributed by atoms with van der Waals surface area (Å²) in [5, 5.41) is 3.60. The van der Waals surface area contributed by atoms with Crippen molar-refractivity contribution in [3.8, 4) is 0 Å². The molecule has 108 valence electrons. The number of aromatic nitrogens is 2. The van der Waals surface area contributed by atoms with E-state index in [9.17, 15) is 0 Å². The Morgan fingerprint density at radius 1 is 1.15 bits per heavy atom. The van der Waals surface area contributed by atoms with E-state index < -0.39 is 0 Å². The van der Waals surface area contributed by atoms with Gasteiger partial charge >= 0.3 is 0 Å². The third kappa shape index (κ3) is 3.10. The summed E-state index contributed by atoms with van der Waals surface area (Å²) in [6.45, 7) is 9.75. The van der Waals surface area contributed by atoms with Crippen molar-refractivity contribution in [2.24, 2.45) is 0 Å². The summed E-state index contributed by atoms with van der Waals surface area (Å²) in [5.74, 6) is 1.59. The van der Waals surface area contributed by atoms with Crippen molar-refractivity contribution in [3.05, 3.63) is 54.1 Å². The second kappa shape index (κ2) is 6.71. The monoisotopic (exact) mass is 271 g/mol. The molecule has 0 amide bonds. The van der Waals surface area contributed by atoms with Gasteiger partial charge in [-0.25, -0.2) is 4.98 Å². The molecule has 2 unspecified atom stereocenters. The van der Waals surface area contributed by atoms with Crippen LogP contribution in [0.2, 0.25) is 0 Å². The van der Waals surface area contributed by atoms with Gasteiger partial charge in [-0.2, -0.15) is 0 Å². The first-order valence-corrected chi connectivity index (χ1v) is 7.46. The molecule has 0 aliphatic heterocycles. The maximum atomic E-state index is 4.51.